The lowest BCUT2D eigenvalue weighted by atomic mass is 9.32. The Balaban J connectivity index is 1.27. The van der Waals surface area contributed by atoms with Crippen LogP contribution in [0.15, 0.2) is 97.1 Å². The summed E-state index contributed by atoms with van der Waals surface area (Å²) in [6.07, 6.45) is 9.44. The lowest BCUT2D eigenvalue weighted by Crippen LogP contribution is -2.62. The second-order valence-electron chi connectivity index (χ2n) is 31.3. The molecule has 6 aliphatic rings. The normalized spacial score (nSPS) is 22.1. The van der Waals surface area contributed by atoms with E-state index in [1.807, 2.05) is 0 Å². The van der Waals surface area contributed by atoms with Gasteiger partial charge in [-0.15, -0.1) is 0 Å². The summed E-state index contributed by atoms with van der Waals surface area (Å²) in [5.74, 6) is 0. The van der Waals surface area contributed by atoms with Gasteiger partial charge in [-0.2, -0.15) is 0 Å². The number of benzene rings is 6. The molecule has 0 saturated heterocycles. The Morgan fingerprint density at radius 3 is 1.15 bits per heavy atom. The number of fused-ring (bicyclic) bond motifs is 8. The Labute approximate surface area is 454 Å². The molecular weight excluding hydrogens is 904 g/mol. The minimum Gasteiger partial charge on any atom is -0.311 e. The van der Waals surface area contributed by atoms with Crippen LogP contribution in [-0.4, -0.2) is 6.71 Å². The van der Waals surface area contributed by atoms with Gasteiger partial charge in [0.1, 0.15) is 0 Å². The molecule has 6 aromatic rings. The van der Waals surface area contributed by atoms with Gasteiger partial charge < -0.3 is 9.80 Å². The van der Waals surface area contributed by atoms with Crippen molar-refractivity contribution in [3.05, 3.63) is 147 Å². The Morgan fingerprint density at radius 2 is 0.707 bits per heavy atom. The van der Waals surface area contributed by atoms with Crippen molar-refractivity contribution in [3.8, 4) is 11.1 Å². The van der Waals surface area contributed by atoms with Crippen LogP contribution in [0.2, 0.25) is 0 Å². The average molecular weight is 993 g/mol. The van der Waals surface area contributed by atoms with Crippen molar-refractivity contribution in [2.45, 2.75) is 232 Å². The molecule has 6 aromatic carbocycles. The SMILES string of the molecule is CC(C)(C)c1cc2c3c(c1)N(c1cc4c(cc1-c1ccccc1)C(C)(C)CCC4(C)C)c1cc4c(cc1B3c1cc3c(cc1N2c1ccc2c(c1)C(C)(C)CCC2(C)C)C(C)(C)CCC3(C)C)C(C)(C)CCC4(C)C. The summed E-state index contributed by atoms with van der Waals surface area (Å²) in [4.78, 5) is 5.60. The summed E-state index contributed by atoms with van der Waals surface area (Å²) in [5.41, 5.74) is 28.7. The van der Waals surface area contributed by atoms with E-state index in [0.29, 0.717) is 0 Å². The predicted octanol–water partition coefficient (Wildman–Crippen LogP) is 18.1. The molecule has 0 atom stereocenters. The molecule has 0 bridgehead atoms. The number of hydrogen-bond donors (Lipinski definition) is 0. The van der Waals surface area contributed by atoms with Crippen LogP contribution < -0.4 is 26.2 Å². The highest BCUT2D eigenvalue weighted by Crippen LogP contribution is 2.57. The second kappa shape index (κ2) is 15.8. The number of hydrogen-bond acceptors (Lipinski definition) is 2. The Bertz CT molecular complexity index is 3380. The van der Waals surface area contributed by atoms with Crippen molar-refractivity contribution in [1.82, 2.24) is 0 Å². The van der Waals surface area contributed by atoms with E-state index < -0.39 is 0 Å². The maximum atomic E-state index is 2.82. The monoisotopic (exact) mass is 993 g/mol. The van der Waals surface area contributed by atoms with Gasteiger partial charge in [-0.05, 0) is 221 Å². The van der Waals surface area contributed by atoms with Gasteiger partial charge >= 0.3 is 0 Å². The highest BCUT2D eigenvalue weighted by molar-refractivity contribution is 7.00. The van der Waals surface area contributed by atoms with Crippen molar-refractivity contribution in [2.24, 2.45) is 0 Å². The van der Waals surface area contributed by atoms with Crippen LogP contribution in [-0.2, 0) is 48.7 Å². The molecule has 0 aromatic heterocycles. The summed E-state index contributed by atoms with van der Waals surface area (Å²) < 4.78 is 0. The Morgan fingerprint density at radius 1 is 0.347 bits per heavy atom. The largest absolute Gasteiger partial charge is 0.311 e. The van der Waals surface area contributed by atoms with E-state index in [1.165, 1.54) is 163 Å². The first-order valence-electron chi connectivity index (χ1n) is 29.3. The molecule has 75 heavy (non-hydrogen) atoms. The topological polar surface area (TPSA) is 6.48 Å². The molecule has 390 valence electrons. The fourth-order valence-corrected chi connectivity index (χ4v) is 15.4. The van der Waals surface area contributed by atoms with Crippen LogP contribution in [0.4, 0.5) is 34.1 Å². The number of nitrogens with zero attached hydrogens (tertiary/aromatic N) is 2. The van der Waals surface area contributed by atoms with Crippen LogP contribution in [0.5, 0.6) is 0 Å². The van der Waals surface area contributed by atoms with Crippen molar-refractivity contribution in [2.75, 3.05) is 9.80 Å². The molecule has 2 nitrogen and oxygen atoms in total. The van der Waals surface area contributed by atoms with Crippen LogP contribution in [0.3, 0.4) is 0 Å². The fourth-order valence-electron chi connectivity index (χ4n) is 15.4. The number of anilines is 6. The molecule has 0 radical (unpaired) electrons. The van der Waals surface area contributed by atoms with Gasteiger partial charge in [-0.1, -0.05) is 180 Å². The molecule has 0 fully saturated rings. The molecule has 0 spiro atoms. The van der Waals surface area contributed by atoms with E-state index in [-0.39, 0.29) is 55.4 Å². The number of rotatable bonds is 3. The predicted molar refractivity (Wildman–Crippen MR) is 326 cm³/mol. The first-order chi connectivity index (χ1) is 34.7. The van der Waals surface area contributed by atoms with E-state index in [9.17, 15) is 0 Å². The van der Waals surface area contributed by atoms with Gasteiger partial charge in [-0.25, -0.2) is 0 Å². The minimum atomic E-state index is -0.130. The van der Waals surface area contributed by atoms with Crippen molar-refractivity contribution in [1.29, 1.82) is 0 Å². The van der Waals surface area contributed by atoms with Gasteiger partial charge in [0.15, 0.2) is 0 Å². The maximum absolute atomic E-state index is 2.82. The van der Waals surface area contributed by atoms with Gasteiger partial charge in [0.25, 0.3) is 6.71 Å². The molecular formula is C72H89BN2. The highest BCUT2D eigenvalue weighted by Gasteiger charge is 2.50. The quantitative estimate of drug-likeness (QED) is 0.163. The Kier molecular flexibility index (Phi) is 10.7. The van der Waals surface area contributed by atoms with Crippen LogP contribution in [0, 0.1) is 0 Å². The van der Waals surface area contributed by atoms with Crippen molar-refractivity contribution < 1.29 is 0 Å². The van der Waals surface area contributed by atoms with E-state index in [4.69, 9.17) is 0 Å². The fraction of sp³-hybridized carbons (Fsp3) is 0.500. The van der Waals surface area contributed by atoms with Crippen LogP contribution >= 0.6 is 0 Å². The zero-order valence-corrected chi connectivity index (χ0v) is 49.9. The third-order valence-electron chi connectivity index (χ3n) is 21.3. The first-order valence-corrected chi connectivity index (χ1v) is 29.3. The van der Waals surface area contributed by atoms with E-state index in [2.05, 4.69) is 238 Å². The maximum Gasteiger partial charge on any atom is 0.252 e. The molecule has 4 aliphatic carbocycles. The zero-order chi connectivity index (χ0) is 53.7. The molecule has 0 unspecified atom stereocenters. The standard InChI is InChI=1S/C72H89BN2/c1-64(2,3)45-35-61-63-62(36-45)75(58-41-53-50(67(8,9)29-32-70(53,14)15)38-47(58)44-23-21-20-22-24-44)60-43-55-52(69(12,13)31-34-72(55,18)19)40-57(60)73(63)56-39-51-54(71(16,17)33-30-68(51,10)11)42-59(56)74(61)46-25-26-48-49(37-46)66(6,7)28-27-65(48,4)5/h20-26,35-43H,27-34H2,1-19H3. The first kappa shape index (κ1) is 50.8. The molecule has 12 rings (SSSR count). The molecule has 2 aliphatic heterocycles. The van der Waals surface area contributed by atoms with Crippen LogP contribution in [0.25, 0.3) is 11.1 Å². The van der Waals surface area contributed by atoms with E-state index in [1.54, 1.807) is 0 Å². The highest BCUT2D eigenvalue weighted by atomic mass is 15.2. The summed E-state index contributed by atoms with van der Waals surface area (Å²) in [6.45, 7) is 47.5. The average Bonchev–Trinajstić information content (AvgIpc) is 3.38. The molecule has 3 heteroatoms. The van der Waals surface area contributed by atoms with E-state index >= 15 is 0 Å². The smallest absolute Gasteiger partial charge is 0.252 e. The zero-order valence-electron chi connectivity index (χ0n) is 49.9. The molecule has 0 amide bonds. The summed E-state index contributed by atoms with van der Waals surface area (Å²) >= 11 is 0. The molecule has 2 heterocycles. The lowest BCUT2D eigenvalue weighted by molar-refractivity contribution is 0.332. The van der Waals surface area contributed by atoms with Gasteiger partial charge in [0.05, 0.1) is 5.69 Å². The summed E-state index contributed by atoms with van der Waals surface area (Å²) in [5, 5.41) is 0. The Hall–Kier alpha value is -5.02. The van der Waals surface area contributed by atoms with E-state index in [0.717, 1.165) is 0 Å². The lowest BCUT2D eigenvalue weighted by Gasteiger charge is -2.50. The minimum absolute atomic E-state index is 0.0225. The summed E-state index contributed by atoms with van der Waals surface area (Å²) in [7, 11) is 0. The summed E-state index contributed by atoms with van der Waals surface area (Å²) in [6, 6.07) is 40.7. The van der Waals surface area contributed by atoms with Crippen LogP contribution in [0.1, 0.15) is 233 Å². The third-order valence-corrected chi connectivity index (χ3v) is 21.3. The van der Waals surface area contributed by atoms with Gasteiger partial charge in [-0.3, -0.25) is 0 Å². The molecule has 0 saturated carbocycles. The van der Waals surface area contributed by atoms with Crippen molar-refractivity contribution >= 4 is 57.2 Å². The van der Waals surface area contributed by atoms with Gasteiger partial charge in [0.2, 0.25) is 0 Å². The third kappa shape index (κ3) is 7.59. The second-order valence-corrected chi connectivity index (χ2v) is 31.3. The molecule has 0 N–H and O–H groups in total. The van der Waals surface area contributed by atoms with Crippen molar-refractivity contribution in [3.63, 3.8) is 0 Å². The van der Waals surface area contributed by atoms with Gasteiger partial charge in [0, 0.05) is 34.0 Å².